The highest BCUT2D eigenvalue weighted by molar-refractivity contribution is 7.98. The number of hydrogen-bond donors (Lipinski definition) is 1. The fraction of sp³-hybridized carbons (Fsp3) is 0.643. The van der Waals surface area contributed by atoms with Crippen molar-refractivity contribution in [3.05, 3.63) is 50.8 Å². The molecule has 4 rings (SSSR count). The third kappa shape index (κ3) is 6.11. The molecule has 2 aliphatic rings. The Morgan fingerprint density at radius 3 is 2.20 bits per heavy atom. The summed E-state index contributed by atoms with van der Waals surface area (Å²) >= 11 is 1.52. The highest BCUT2D eigenvalue weighted by Gasteiger charge is 2.65. The number of methoxy groups -OCH3 is 3. The lowest BCUT2D eigenvalue weighted by atomic mass is 10.1. The standard InChI is InChI=1S/C28H42N2O9SSi/c1-27(2,3)41(28(4,5)6)37-14-21-23(39-41)24(25(38-21)30-11-10-22(31)29-26(30)32)36-16-40-15-18-19(34-8)12-17(33-7)13-20(18)35-9/h10-13,21,23-25H,14-16H2,1-9H3,(H,29,31,32)/t21-,23-,24-,25-/m1/s1. The van der Waals surface area contributed by atoms with E-state index in [0.717, 1.165) is 5.56 Å². The predicted molar refractivity (Wildman–Crippen MR) is 158 cm³/mol. The van der Waals surface area contributed by atoms with Crippen LogP contribution >= 0.6 is 11.8 Å². The van der Waals surface area contributed by atoms with Crippen molar-refractivity contribution in [2.75, 3.05) is 33.9 Å². The van der Waals surface area contributed by atoms with Gasteiger partial charge in [-0.1, -0.05) is 41.5 Å². The van der Waals surface area contributed by atoms with Crippen molar-refractivity contribution in [3.63, 3.8) is 0 Å². The third-order valence-electron chi connectivity index (χ3n) is 7.55. The number of hydrogen-bond acceptors (Lipinski definition) is 10. The number of rotatable bonds is 9. The molecule has 2 fully saturated rings. The molecular weight excluding hydrogens is 568 g/mol. The van der Waals surface area contributed by atoms with Gasteiger partial charge in [-0.15, -0.1) is 11.8 Å². The van der Waals surface area contributed by atoms with Crippen LogP contribution in [-0.4, -0.2) is 70.3 Å². The molecule has 1 aromatic carbocycles. The summed E-state index contributed by atoms with van der Waals surface area (Å²) in [6.07, 6.45) is -0.924. The molecule has 2 aromatic rings. The van der Waals surface area contributed by atoms with Crippen molar-refractivity contribution < 1.29 is 32.5 Å². The van der Waals surface area contributed by atoms with Crippen molar-refractivity contribution >= 4 is 20.3 Å². The summed E-state index contributed by atoms with van der Waals surface area (Å²) in [7, 11) is 1.94. The van der Waals surface area contributed by atoms with Crippen LogP contribution in [0, 0.1) is 0 Å². The maximum atomic E-state index is 12.8. The van der Waals surface area contributed by atoms with Gasteiger partial charge in [0.1, 0.15) is 35.6 Å². The Morgan fingerprint density at radius 2 is 1.66 bits per heavy atom. The maximum absolute atomic E-state index is 12.8. The Hall–Kier alpha value is -2.29. The molecule has 0 unspecified atom stereocenters. The minimum absolute atomic E-state index is 0.246. The quantitative estimate of drug-likeness (QED) is 0.251. The smallest absolute Gasteiger partial charge is 0.349 e. The molecule has 11 nitrogen and oxygen atoms in total. The van der Waals surface area contributed by atoms with Gasteiger partial charge in [-0.05, 0) is 0 Å². The summed E-state index contributed by atoms with van der Waals surface area (Å²) in [6, 6.07) is 4.92. The molecule has 1 aromatic heterocycles. The van der Waals surface area contributed by atoms with E-state index >= 15 is 0 Å². The van der Waals surface area contributed by atoms with E-state index in [1.54, 1.807) is 21.3 Å². The Bertz CT molecular complexity index is 1290. The van der Waals surface area contributed by atoms with Crippen LogP contribution < -0.4 is 25.5 Å². The van der Waals surface area contributed by atoms with Crippen LogP contribution in [0.25, 0.3) is 0 Å². The molecule has 2 aliphatic heterocycles. The monoisotopic (exact) mass is 610 g/mol. The van der Waals surface area contributed by atoms with E-state index in [0.29, 0.717) is 29.6 Å². The molecule has 0 spiro atoms. The number of aromatic amines is 1. The second-order valence-corrected chi connectivity index (χ2v) is 17.9. The number of aromatic nitrogens is 2. The first kappa shape index (κ1) is 31.6. The maximum Gasteiger partial charge on any atom is 0.349 e. The molecule has 0 amide bonds. The van der Waals surface area contributed by atoms with Crippen LogP contribution in [0.3, 0.4) is 0 Å². The van der Waals surface area contributed by atoms with Crippen molar-refractivity contribution in [1.29, 1.82) is 0 Å². The SMILES string of the molecule is COc1cc(OC)c(CSCO[C@@H]2[C@@H]3O[Si](C(C)(C)C)(C(C)(C)C)OC[C@H]3O[C@H]2n2ccc(=O)[nH]c2=O)c(OC)c1. The molecule has 3 heterocycles. The van der Waals surface area contributed by atoms with Crippen molar-refractivity contribution in [3.8, 4) is 17.2 Å². The lowest BCUT2D eigenvalue weighted by Gasteiger charge is -2.53. The number of H-pyrrole nitrogens is 1. The summed E-state index contributed by atoms with van der Waals surface area (Å²) in [5, 5.41) is -0.492. The largest absolute Gasteiger partial charge is 0.496 e. The zero-order chi connectivity index (χ0) is 30.2. The topological polar surface area (TPSA) is 119 Å². The molecule has 2 saturated heterocycles. The van der Waals surface area contributed by atoms with Crippen LogP contribution in [0.15, 0.2) is 34.0 Å². The minimum atomic E-state index is -2.86. The zero-order valence-corrected chi connectivity index (χ0v) is 27.1. The normalized spacial score (nSPS) is 24.1. The molecule has 228 valence electrons. The van der Waals surface area contributed by atoms with E-state index in [1.165, 1.54) is 28.6 Å². The number of nitrogens with zero attached hydrogens (tertiary/aromatic N) is 1. The van der Waals surface area contributed by atoms with E-state index in [4.69, 9.17) is 32.5 Å². The molecule has 41 heavy (non-hydrogen) atoms. The Morgan fingerprint density at radius 1 is 1.02 bits per heavy atom. The fourth-order valence-electron chi connectivity index (χ4n) is 5.84. The summed E-state index contributed by atoms with van der Waals surface area (Å²) in [4.78, 5) is 26.9. The van der Waals surface area contributed by atoms with Crippen LogP contribution in [-0.2, 0) is 24.1 Å². The summed E-state index contributed by atoms with van der Waals surface area (Å²) in [5.74, 6) is 2.74. The number of thioether (sulfide) groups is 1. The van der Waals surface area contributed by atoms with E-state index in [-0.39, 0.29) is 16.0 Å². The average molecular weight is 611 g/mol. The van der Waals surface area contributed by atoms with Gasteiger partial charge in [-0.3, -0.25) is 14.3 Å². The van der Waals surface area contributed by atoms with Gasteiger partial charge in [-0.2, -0.15) is 0 Å². The number of benzene rings is 1. The molecule has 0 radical (unpaired) electrons. The second-order valence-electron chi connectivity index (χ2n) is 12.2. The number of nitrogens with one attached hydrogen (secondary N) is 1. The van der Waals surface area contributed by atoms with E-state index in [9.17, 15) is 9.59 Å². The molecule has 13 heteroatoms. The lowest BCUT2D eigenvalue weighted by molar-refractivity contribution is -0.0809. The number of fused-ring (bicyclic) bond motifs is 1. The molecule has 0 bridgehead atoms. The van der Waals surface area contributed by atoms with E-state index in [1.807, 2.05) is 12.1 Å². The predicted octanol–water partition coefficient (Wildman–Crippen LogP) is 4.19. The molecule has 1 N–H and O–H groups in total. The second kappa shape index (κ2) is 12.1. The first-order chi connectivity index (χ1) is 19.3. The zero-order valence-electron chi connectivity index (χ0n) is 25.3. The highest BCUT2D eigenvalue weighted by atomic mass is 32.2. The van der Waals surface area contributed by atoms with Gasteiger partial charge in [0.15, 0.2) is 6.23 Å². The number of ether oxygens (including phenoxy) is 5. The van der Waals surface area contributed by atoms with Crippen LogP contribution in [0.4, 0.5) is 0 Å². The summed E-state index contributed by atoms with van der Waals surface area (Å²) in [6.45, 7) is 13.2. The van der Waals surface area contributed by atoms with Gasteiger partial charge in [-0.25, -0.2) is 4.79 Å². The van der Waals surface area contributed by atoms with Crippen molar-refractivity contribution in [2.24, 2.45) is 0 Å². The minimum Gasteiger partial charge on any atom is -0.496 e. The van der Waals surface area contributed by atoms with E-state index in [2.05, 4.69) is 46.5 Å². The van der Waals surface area contributed by atoms with Gasteiger partial charge in [0.25, 0.3) is 5.56 Å². The van der Waals surface area contributed by atoms with Gasteiger partial charge < -0.3 is 32.5 Å². The summed E-state index contributed by atoms with van der Waals surface area (Å²) in [5.41, 5.74) is -0.192. The van der Waals surface area contributed by atoms with Crippen molar-refractivity contribution in [2.45, 2.75) is 81.9 Å². The summed E-state index contributed by atoms with van der Waals surface area (Å²) < 4.78 is 44.3. The van der Waals surface area contributed by atoms with E-state index < -0.39 is 44.3 Å². The lowest BCUT2D eigenvalue weighted by Crippen LogP contribution is -2.65. The molecule has 0 aliphatic carbocycles. The van der Waals surface area contributed by atoms with Crippen LogP contribution in [0.1, 0.15) is 53.3 Å². The Kier molecular flexibility index (Phi) is 9.36. The molecule has 0 saturated carbocycles. The van der Waals surface area contributed by atoms with Crippen molar-refractivity contribution in [1.82, 2.24) is 9.55 Å². The first-order valence-electron chi connectivity index (χ1n) is 13.5. The third-order valence-corrected chi connectivity index (χ3v) is 13.5. The van der Waals surface area contributed by atoms with Gasteiger partial charge in [0.05, 0.1) is 33.9 Å². The fourth-order valence-corrected chi connectivity index (χ4v) is 11.6. The van der Waals surface area contributed by atoms with Gasteiger partial charge >= 0.3 is 14.3 Å². The first-order valence-corrected chi connectivity index (χ1v) is 16.5. The highest BCUT2D eigenvalue weighted by Crippen LogP contribution is 2.56. The average Bonchev–Trinajstić information content (AvgIpc) is 3.26. The molecule has 4 atom stereocenters. The Balaban J connectivity index is 1.61. The van der Waals surface area contributed by atoms with Crippen LogP contribution in [0.2, 0.25) is 10.1 Å². The van der Waals surface area contributed by atoms with Gasteiger partial charge in [0.2, 0.25) is 0 Å². The van der Waals surface area contributed by atoms with Crippen LogP contribution in [0.5, 0.6) is 17.2 Å². The Labute approximate surface area is 246 Å². The molecular formula is C28H42N2O9SSi. The van der Waals surface area contributed by atoms with Gasteiger partial charge in [0, 0.05) is 45.8 Å².